The minimum absolute atomic E-state index is 0.0560. The predicted octanol–water partition coefficient (Wildman–Crippen LogP) is 4.18. The van der Waals surface area contributed by atoms with Crippen LogP contribution in [0.3, 0.4) is 0 Å². The molecular formula is C18H22N2O. The molecule has 21 heavy (non-hydrogen) atoms. The van der Waals surface area contributed by atoms with Crippen molar-refractivity contribution in [3.05, 3.63) is 58.7 Å². The maximum atomic E-state index is 11.1. The normalized spacial score (nSPS) is 10.3. The molecule has 0 fully saturated rings. The molecule has 0 aliphatic carbocycles. The Labute approximate surface area is 126 Å². The van der Waals surface area contributed by atoms with Gasteiger partial charge >= 0.3 is 0 Å². The summed E-state index contributed by atoms with van der Waals surface area (Å²) in [4.78, 5) is 11.1. The second kappa shape index (κ2) is 6.44. The Bertz CT molecular complexity index is 642. The lowest BCUT2D eigenvalue weighted by Gasteiger charge is -2.15. The van der Waals surface area contributed by atoms with Gasteiger partial charge in [0.1, 0.15) is 0 Å². The van der Waals surface area contributed by atoms with E-state index < -0.39 is 0 Å². The quantitative estimate of drug-likeness (QED) is 0.883. The van der Waals surface area contributed by atoms with Gasteiger partial charge in [0, 0.05) is 24.8 Å². The van der Waals surface area contributed by atoms with Crippen LogP contribution in [0.25, 0.3) is 0 Å². The highest BCUT2D eigenvalue weighted by Gasteiger charge is 2.05. The van der Waals surface area contributed by atoms with Crippen LogP contribution in [0.4, 0.5) is 11.4 Å². The van der Waals surface area contributed by atoms with E-state index in [1.807, 2.05) is 18.2 Å². The maximum Gasteiger partial charge on any atom is 0.221 e. The van der Waals surface area contributed by atoms with Crippen LogP contribution in [-0.2, 0) is 11.3 Å². The maximum absolute atomic E-state index is 11.1. The lowest BCUT2D eigenvalue weighted by molar-refractivity contribution is -0.114. The molecular weight excluding hydrogens is 260 g/mol. The molecule has 0 radical (unpaired) electrons. The Hall–Kier alpha value is -2.29. The molecule has 0 saturated carbocycles. The summed E-state index contributed by atoms with van der Waals surface area (Å²) in [6.45, 7) is 8.62. The molecule has 1 amide bonds. The summed E-state index contributed by atoms with van der Waals surface area (Å²) in [5, 5.41) is 6.29. The van der Waals surface area contributed by atoms with Crippen LogP contribution in [0.1, 0.15) is 29.2 Å². The van der Waals surface area contributed by atoms with E-state index in [2.05, 4.69) is 49.6 Å². The van der Waals surface area contributed by atoms with Gasteiger partial charge in [-0.25, -0.2) is 0 Å². The third-order valence-electron chi connectivity index (χ3n) is 3.66. The molecule has 0 atom stereocenters. The number of benzene rings is 2. The first kappa shape index (κ1) is 15.1. The third kappa shape index (κ3) is 3.85. The molecule has 3 heteroatoms. The van der Waals surface area contributed by atoms with Crippen LogP contribution >= 0.6 is 0 Å². The molecule has 0 unspecified atom stereocenters. The highest BCUT2D eigenvalue weighted by atomic mass is 16.1. The molecule has 0 spiro atoms. The number of amides is 1. The Kier molecular flexibility index (Phi) is 4.63. The minimum Gasteiger partial charge on any atom is -0.381 e. The first-order valence-corrected chi connectivity index (χ1v) is 7.14. The summed E-state index contributed by atoms with van der Waals surface area (Å²) >= 11 is 0. The lowest BCUT2D eigenvalue weighted by atomic mass is 10.0. The SMILES string of the molecule is CC(=O)Nc1ccc(C)c(NCc2c(C)cccc2C)c1. The average molecular weight is 282 g/mol. The topological polar surface area (TPSA) is 41.1 Å². The number of carbonyl (C=O) groups is 1. The van der Waals surface area contributed by atoms with Gasteiger partial charge in [-0.15, -0.1) is 0 Å². The van der Waals surface area contributed by atoms with Gasteiger partial charge in [-0.1, -0.05) is 24.3 Å². The summed E-state index contributed by atoms with van der Waals surface area (Å²) in [5.41, 5.74) is 6.93. The zero-order valence-electron chi connectivity index (χ0n) is 13.1. The Morgan fingerprint density at radius 2 is 1.67 bits per heavy atom. The van der Waals surface area contributed by atoms with Gasteiger partial charge < -0.3 is 10.6 Å². The molecule has 0 heterocycles. The van der Waals surface area contributed by atoms with Crippen LogP contribution in [-0.4, -0.2) is 5.91 Å². The molecule has 2 aromatic carbocycles. The van der Waals surface area contributed by atoms with E-state index in [0.717, 1.165) is 23.5 Å². The van der Waals surface area contributed by atoms with E-state index in [1.165, 1.54) is 23.6 Å². The van der Waals surface area contributed by atoms with Crippen molar-refractivity contribution in [2.75, 3.05) is 10.6 Å². The van der Waals surface area contributed by atoms with E-state index in [-0.39, 0.29) is 5.91 Å². The Morgan fingerprint density at radius 3 is 2.29 bits per heavy atom. The summed E-state index contributed by atoms with van der Waals surface area (Å²) in [6.07, 6.45) is 0. The summed E-state index contributed by atoms with van der Waals surface area (Å²) in [5.74, 6) is -0.0560. The predicted molar refractivity (Wildman–Crippen MR) is 88.7 cm³/mol. The lowest BCUT2D eigenvalue weighted by Crippen LogP contribution is -2.08. The number of anilines is 2. The fraction of sp³-hybridized carbons (Fsp3) is 0.278. The van der Waals surface area contributed by atoms with E-state index in [9.17, 15) is 4.79 Å². The number of hydrogen-bond acceptors (Lipinski definition) is 2. The highest BCUT2D eigenvalue weighted by Crippen LogP contribution is 2.22. The van der Waals surface area contributed by atoms with E-state index in [1.54, 1.807) is 0 Å². The summed E-state index contributed by atoms with van der Waals surface area (Å²) in [6, 6.07) is 12.2. The molecule has 0 aromatic heterocycles. The second-order valence-corrected chi connectivity index (χ2v) is 5.43. The van der Waals surface area contributed by atoms with Gasteiger partial charge in [0.15, 0.2) is 0 Å². The van der Waals surface area contributed by atoms with Gasteiger partial charge in [-0.3, -0.25) is 4.79 Å². The molecule has 110 valence electrons. The van der Waals surface area contributed by atoms with Crippen molar-refractivity contribution in [3.63, 3.8) is 0 Å². The number of aryl methyl sites for hydroxylation is 3. The van der Waals surface area contributed by atoms with Crippen LogP contribution in [0.15, 0.2) is 36.4 Å². The molecule has 0 aliphatic heterocycles. The number of carbonyl (C=O) groups excluding carboxylic acids is 1. The minimum atomic E-state index is -0.0560. The van der Waals surface area contributed by atoms with Crippen LogP contribution in [0, 0.1) is 20.8 Å². The fourth-order valence-corrected chi connectivity index (χ4v) is 2.40. The molecule has 2 N–H and O–H groups in total. The number of nitrogens with one attached hydrogen (secondary N) is 2. The van der Waals surface area contributed by atoms with Gasteiger partial charge in [0.2, 0.25) is 5.91 Å². The van der Waals surface area contributed by atoms with Crippen molar-refractivity contribution in [2.24, 2.45) is 0 Å². The van der Waals surface area contributed by atoms with Crippen LogP contribution in [0.2, 0.25) is 0 Å². The second-order valence-electron chi connectivity index (χ2n) is 5.43. The Morgan fingerprint density at radius 1 is 1.00 bits per heavy atom. The first-order valence-electron chi connectivity index (χ1n) is 7.14. The van der Waals surface area contributed by atoms with Crippen molar-refractivity contribution in [1.82, 2.24) is 0 Å². The fourth-order valence-electron chi connectivity index (χ4n) is 2.40. The standard InChI is InChI=1S/C18H22N2O/c1-12-6-5-7-13(2)17(12)11-19-18-10-16(20-15(4)21)9-8-14(18)3/h5-10,19H,11H2,1-4H3,(H,20,21). The van der Waals surface area contributed by atoms with Gasteiger partial charge in [0.25, 0.3) is 0 Å². The van der Waals surface area contributed by atoms with Gasteiger partial charge in [-0.2, -0.15) is 0 Å². The summed E-state index contributed by atoms with van der Waals surface area (Å²) in [7, 11) is 0. The van der Waals surface area contributed by atoms with E-state index >= 15 is 0 Å². The summed E-state index contributed by atoms with van der Waals surface area (Å²) < 4.78 is 0. The largest absolute Gasteiger partial charge is 0.381 e. The molecule has 0 bridgehead atoms. The molecule has 0 aliphatic rings. The van der Waals surface area contributed by atoms with Crippen molar-refractivity contribution < 1.29 is 4.79 Å². The Balaban J connectivity index is 2.18. The van der Waals surface area contributed by atoms with Crippen molar-refractivity contribution in [1.29, 1.82) is 0 Å². The smallest absolute Gasteiger partial charge is 0.221 e. The number of hydrogen-bond donors (Lipinski definition) is 2. The van der Waals surface area contributed by atoms with E-state index in [0.29, 0.717) is 0 Å². The average Bonchev–Trinajstić information content (AvgIpc) is 2.41. The van der Waals surface area contributed by atoms with Crippen molar-refractivity contribution >= 4 is 17.3 Å². The van der Waals surface area contributed by atoms with Crippen molar-refractivity contribution in [3.8, 4) is 0 Å². The zero-order chi connectivity index (χ0) is 15.4. The van der Waals surface area contributed by atoms with Crippen molar-refractivity contribution in [2.45, 2.75) is 34.2 Å². The van der Waals surface area contributed by atoms with Gasteiger partial charge in [-0.05, 0) is 55.2 Å². The zero-order valence-corrected chi connectivity index (χ0v) is 13.1. The third-order valence-corrected chi connectivity index (χ3v) is 3.66. The van der Waals surface area contributed by atoms with Crippen LogP contribution < -0.4 is 10.6 Å². The molecule has 3 nitrogen and oxygen atoms in total. The first-order chi connectivity index (χ1) is 9.97. The highest BCUT2D eigenvalue weighted by molar-refractivity contribution is 5.89. The molecule has 2 rings (SSSR count). The number of rotatable bonds is 4. The van der Waals surface area contributed by atoms with Crippen LogP contribution in [0.5, 0.6) is 0 Å². The van der Waals surface area contributed by atoms with E-state index in [4.69, 9.17) is 0 Å². The molecule has 2 aromatic rings. The monoisotopic (exact) mass is 282 g/mol. The molecule has 0 saturated heterocycles. The van der Waals surface area contributed by atoms with Gasteiger partial charge in [0.05, 0.1) is 0 Å².